The average Bonchev–Trinajstić information content (AvgIpc) is 2.76. The van der Waals surface area contributed by atoms with Gasteiger partial charge in [0.25, 0.3) is 0 Å². The Labute approximate surface area is 180 Å². The maximum absolute atomic E-state index is 12.1. The van der Waals surface area contributed by atoms with Crippen LogP contribution in [-0.2, 0) is 10.0 Å². The highest BCUT2D eigenvalue weighted by Gasteiger charge is 2.16. The van der Waals surface area contributed by atoms with Gasteiger partial charge in [-0.3, -0.25) is 4.72 Å². The molecule has 0 radical (unpaired) electrons. The van der Waals surface area contributed by atoms with Gasteiger partial charge in [-0.2, -0.15) is 0 Å². The zero-order valence-electron chi connectivity index (χ0n) is 17.0. The average molecular weight is 436 g/mol. The highest BCUT2D eigenvalue weighted by Crippen LogP contribution is 2.38. The molecule has 31 heavy (non-hydrogen) atoms. The molecule has 0 bridgehead atoms. The van der Waals surface area contributed by atoms with Crippen LogP contribution >= 0.6 is 0 Å². The van der Waals surface area contributed by atoms with Crippen LogP contribution in [0, 0.1) is 6.92 Å². The number of benzene rings is 2. The summed E-state index contributed by atoms with van der Waals surface area (Å²) in [6.45, 7) is 3.51. The van der Waals surface area contributed by atoms with Crippen molar-refractivity contribution in [3.63, 3.8) is 0 Å². The van der Waals surface area contributed by atoms with Crippen LogP contribution in [0.1, 0.15) is 12.5 Å². The minimum atomic E-state index is -3.42. The van der Waals surface area contributed by atoms with Crippen molar-refractivity contribution in [1.82, 2.24) is 15.0 Å². The van der Waals surface area contributed by atoms with Crippen LogP contribution in [-0.4, -0.2) is 29.1 Å². The number of nitrogens with one attached hydrogen (secondary N) is 1. The Hall–Kier alpha value is -3.72. The lowest BCUT2D eigenvalue weighted by Crippen LogP contribution is -2.14. The molecule has 0 unspecified atom stereocenters. The van der Waals surface area contributed by atoms with Gasteiger partial charge in [-0.15, -0.1) is 0 Å². The summed E-state index contributed by atoms with van der Waals surface area (Å²) in [6, 6.07) is 14.5. The summed E-state index contributed by atoms with van der Waals surface area (Å²) in [7, 11) is -3.42. The number of pyridine rings is 1. The number of aromatic nitrogens is 3. The number of aryl methyl sites for hydroxylation is 1. The molecule has 0 aliphatic rings. The summed E-state index contributed by atoms with van der Waals surface area (Å²) in [4.78, 5) is 12.6. The standard InChI is InChI=1S/C22H21N5O3S/c1-3-31(28,29)27-19-8-4-6-16-15(19)10-9-14(2)20(16)30-21-17(7-5-12-24-21)18-11-13-25-22(23)26-18/h4-13,27H,3H2,1-2H3,(H2,23,25,26). The summed E-state index contributed by atoms with van der Waals surface area (Å²) in [6.07, 6.45) is 3.20. The lowest BCUT2D eigenvalue weighted by atomic mass is 10.0. The molecular formula is C22H21N5O3S. The third-order valence-corrected chi connectivity index (χ3v) is 6.07. The lowest BCUT2D eigenvalue weighted by molar-refractivity contribution is 0.466. The number of fused-ring (bicyclic) bond motifs is 1. The molecule has 0 saturated heterocycles. The van der Waals surface area contributed by atoms with Gasteiger partial charge in [-0.1, -0.05) is 24.3 Å². The first kappa shape index (κ1) is 20.5. The van der Waals surface area contributed by atoms with E-state index in [4.69, 9.17) is 10.5 Å². The van der Waals surface area contributed by atoms with Gasteiger partial charge in [0.15, 0.2) is 0 Å². The largest absolute Gasteiger partial charge is 0.437 e. The number of nitrogen functional groups attached to an aromatic ring is 1. The molecule has 0 aliphatic heterocycles. The minimum absolute atomic E-state index is 0.0159. The Bertz CT molecular complexity index is 1370. The SMILES string of the molecule is CCS(=O)(=O)Nc1cccc2c(Oc3ncccc3-c3ccnc(N)n3)c(C)ccc12. The number of sulfonamides is 1. The zero-order chi connectivity index (χ0) is 22.0. The Kier molecular flexibility index (Phi) is 5.43. The van der Waals surface area contributed by atoms with Gasteiger partial charge in [0, 0.05) is 23.2 Å². The van der Waals surface area contributed by atoms with Crippen LogP contribution < -0.4 is 15.2 Å². The maximum Gasteiger partial charge on any atom is 0.232 e. The van der Waals surface area contributed by atoms with Crippen LogP contribution in [0.5, 0.6) is 11.6 Å². The monoisotopic (exact) mass is 435 g/mol. The highest BCUT2D eigenvalue weighted by molar-refractivity contribution is 7.92. The van der Waals surface area contributed by atoms with Gasteiger partial charge in [-0.25, -0.2) is 23.4 Å². The molecule has 2 aromatic carbocycles. The number of rotatable bonds is 6. The van der Waals surface area contributed by atoms with Crippen molar-refractivity contribution in [2.45, 2.75) is 13.8 Å². The van der Waals surface area contributed by atoms with Crippen molar-refractivity contribution in [3.8, 4) is 22.9 Å². The molecule has 2 heterocycles. The molecule has 0 fully saturated rings. The second kappa shape index (κ2) is 8.19. The molecule has 0 aliphatic carbocycles. The van der Waals surface area contributed by atoms with Crippen LogP contribution in [0.2, 0.25) is 0 Å². The van der Waals surface area contributed by atoms with Gasteiger partial charge in [0.05, 0.1) is 22.7 Å². The van der Waals surface area contributed by atoms with Crippen LogP contribution in [0.25, 0.3) is 22.0 Å². The van der Waals surface area contributed by atoms with E-state index in [1.54, 1.807) is 43.6 Å². The summed E-state index contributed by atoms with van der Waals surface area (Å²) in [5, 5.41) is 1.49. The molecule has 4 rings (SSSR count). The van der Waals surface area contributed by atoms with Gasteiger partial charge < -0.3 is 10.5 Å². The minimum Gasteiger partial charge on any atom is -0.437 e. The van der Waals surface area contributed by atoms with E-state index in [1.807, 2.05) is 31.2 Å². The number of anilines is 2. The topological polar surface area (TPSA) is 120 Å². The number of ether oxygens (including phenoxy) is 1. The second-order valence-electron chi connectivity index (χ2n) is 6.88. The molecule has 0 spiro atoms. The maximum atomic E-state index is 12.1. The molecule has 0 amide bonds. The second-order valence-corrected chi connectivity index (χ2v) is 8.89. The van der Waals surface area contributed by atoms with Crippen molar-refractivity contribution in [3.05, 3.63) is 66.5 Å². The van der Waals surface area contributed by atoms with E-state index in [1.165, 1.54) is 0 Å². The quantitative estimate of drug-likeness (QED) is 0.467. The normalized spacial score (nSPS) is 11.4. The Balaban J connectivity index is 1.83. The number of nitrogens with two attached hydrogens (primary N) is 1. The first-order valence-corrected chi connectivity index (χ1v) is 11.3. The van der Waals surface area contributed by atoms with Crippen LogP contribution in [0.4, 0.5) is 11.6 Å². The predicted octanol–water partition coefficient (Wildman–Crippen LogP) is 4.14. The lowest BCUT2D eigenvalue weighted by Gasteiger charge is -2.16. The van der Waals surface area contributed by atoms with Gasteiger partial charge in [-0.05, 0) is 43.7 Å². The molecule has 2 aromatic heterocycles. The van der Waals surface area contributed by atoms with Crippen molar-refractivity contribution in [1.29, 1.82) is 0 Å². The molecule has 9 heteroatoms. The fourth-order valence-electron chi connectivity index (χ4n) is 3.19. The van der Waals surface area contributed by atoms with Crippen LogP contribution in [0.15, 0.2) is 60.9 Å². The Morgan fingerprint density at radius 3 is 2.61 bits per heavy atom. The van der Waals surface area contributed by atoms with E-state index < -0.39 is 10.0 Å². The number of hydrogen-bond donors (Lipinski definition) is 2. The first-order valence-electron chi connectivity index (χ1n) is 9.62. The Morgan fingerprint density at radius 2 is 1.84 bits per heavy atom. The Morgan fingerprint density at radius 1 is 1.00 bits per heavy atom. The highest BCUT2D eigenvalue weighted by atomic mass is 32.2. The molecule has 0 saturated carbocycles. The van der Waals surface area contributed by atoms with E-state index in [-0.39, 0.29) is 11.7 Å². The molecule has 8 nitrogen and oxygen atoms in total. The smallest absolute Gasteiger partial charge is 0.232 e. The fraction of sp³-hybridized carbons (Fsp3) is 0.136. The van der Waals surface area contributed by atoms with Gasteiger partial charge in [0.2, 0.25) is 21.9 Å². The summed E-state index contributed by atoms with van der Waals surface area (Å²) in [5.41, 5.74) is 8.36. The summed E-state index contributed by atoms with van der Waals surface area (Å²) < 4.78 is 33.1. The molecule has 0 atom stereocenters. The van der Waals surface area contributed by atoms with Gasteiger partial charge in [0.1, 0.15) is 5.75 Å². The first-order chi connectivity index (χ1) is 14.9. The fourth-order valence-corrected chi connectivity index (χ4v) is 3.85. The van der Waals surface area contributed by atoms with Gasteiger partial charge >= 0.3 is 0 Å². The summed E-state index contributed by atoms with van der Waals surface area (Å²) in [5.74, 6) is 1.08. The van der Waals surface area contributed by atoms with Crippen molar-refractivity contribution in [2.24, 2.45) is 0 Å². The summed E-state index contributed by atoms with van der Waals surface area (Å²) >= 11 is 0. The van der Waals surface area contributed by atoms with E-state index in [9.17, 15) is 8.42 Å². The van der Waals surface area contributed by atoms with Crippen LogP contribution in [0.3, 0.4) is 0 Å². The predicted molar refractivity (Wildman–Crippen MR) is 122 cm³/mol. The van der Waals surface area contributed by atoms with Crippen molar-refractivity contribution >= 4 is 32.4 Å². The van der Waals surface area contributed by atoms with E-state index in [0.717, 1.165) is 16.3 Å². The number of nitrogens with zero attached hydrogens (tertiary/aromatic N) is 3. The molecule has 158 valence electrons. The van der Waals surface area contributed by atoms with Crippen molar-refractivity contribution < 1.29 is 13.2 Å². The molecule has 4 aromatic rings. The van der Waals surface area contributed by atoms with Crippen molar-refractivity contribution in [2.75, 3.05) is 16.2 Å². The number of hydrogen-bond acceptors (Lipinski definition) is 7. The van der Waals surface area contributed by atoms with E-state index in [2.05, 4.69) is 19.7 Å². The molecule has 3 N–H and O–H groups in total. The third-order valence-electron chi connectivity index (χ3n) is 4.77. The molecular weight excluding hydrogens is 414 g/mol. The van der Waals surface area contributed by atoms with E-state index in [0.29, 0.717) is 28.6 Å². The zero-order valence-corrected chi connectivity index (χ0v) is 17.8. The van der Waals surface area contributed by atoms with E-state index >= 15 is 0 Å². The third kappa shape index (κ3) is 4.26.